The average Bonchev–Trinajstić information content (AvgIpc) is 2.28. The van der Waals surface area contributed by atoms with Gasteiger partial charge in [0.05, 0.1) is 12.2 Å². The Bertz CT molecular complexity index is 331. The maximum Gasteiger partial charge on any atom is 0.0678 e. The smallest absolute Gasteiger partial charge is 0.0678 e. The summed E-state index contributed by atoms with van der Waals surface area (Å²) in [5, 5.41) is 0. The fourth-order valence-electron chi connectivity index (χ4n) is 2.52. The summed E-state index contributed by atoms with van der Waals surface area (Å²) in [5.41, 5.74) is 7.44. The quantitative estimate of drug-likeness (QED) is 0.866. The molecule has 1 aliphatic heterocycles. The first-order valence-electron chi connectivity index (χ1n) is 6.33. The van der Waals surface area contributed by atoms with Crippen LogP contribution in [-0.4, -0.2) is 36.7 Å². The van der Waals surface area contributed by atoms with Gasteiger partial charge in [0.25, 0.3) is 0 Å². The van der Waals surface area contributed by atoms with E-state index in [0.29, 0.717) is 12.2 Å². The van der Waals surface area contributed by atoms with E-state index in [4.69, 9.17) is 10.5 Å². The van der Waals surface area contributed by atoms with E-state index in [0.717, 1.165) is 19.6 Å². The molecule has 1 saturated heterocycles. The van der Waals surface area contributed by atoms with E-state index < -0.39 is 0 Å². The third-order valence-electron chi connectivity index (χ3n) is 3.18. The molecule has 3 atom stereocenters. The zero-order valence-corrected chi connectivity index (χ0v) is 10.7. The summed E-state index contributed by atoms with van der Waals surface area (Å²) in [6.45, 7) is 7.10. The molecule has 2 N–H and O–H groups in total. The summed E-state index contributed by atoms with van der Waals surface area (Å²) in [6, 6.07) is 10.4. The molecule has 17 heavy (non-hydrogen) atoms. The molecule has 0 aliphatic carbocycles. The van der Waals surface area contributed by atoms with Crippen molar-refractivity contribution in [2.24, 2.45) is 5.73 Å². The van der Waals surface area contributed by atoms with Crippen LogP contribution in [0.25, 0.3) is 0 Å². The molecular formula is C14H22N2O. The van der Waals surface area contributed by atoms with E-state index in [2.05, 4.69) is 30.9 Å². The van der Waals surface area contributed by atoms with Gasteiger partial charge in [-0.1, -0.05) is 30.3 Å². The number of nitrogens with zero attached hydrogens (tertiary/aromatic N) is 1. The molecule has 1 fully saturated rings. The predicted molar refractivity (Wildman–Crippen MR) is 69.8 cm³/mol. The summed E-state index contributed by atoms with van der Waals surface area (Å²) in [6.07, 6.45) is 0.614. The predicted octanol–water partition coefficient (Wildman–Crippen LogP) is 1.80. The second kappa shape index (κ2) is 5.63. The van der Waals surface area contributed by atoms with Gasteiger partial charge in [-0.15, -0.1) is 0 Å². The summed E-state index contributed by atoms with van der Waals surface area (Å²) < 4.78 is 5.72. The van der Waals surface area contributed by atoms with Crippen molar-refractivity contribution in [3.63, 3.8) is 0 Å². The lowest BCUT2D eigenvalue weighted by atomic mass is 10.1. The molecule has 1 aliphatic rings. The standard InChI is InChI=1S/C14H22N2O/c1-11-8-16(9-12(2)17-11)10-14(15)13-6-4-3-5-7-13/h3-7,11-12,14H,8-10,15H2,1-2H3/t11-,12+,14?. The highest BCUT2D eigenvalue weighted by molar-refractivity contribution is 5.18. The van der Waals surface area contributed by atoms with Crippen LogP contribution in [0.2, 0.25) is 0 Å². The molecule has 94 valence electrons. The molecule has 0 radical (unpaired) electrons. The van der Waals surface area contributed by atoms with Crippen molar-refractivity contribution in [2.45, 2.75) is 32.1 Å². The summed E-state index contributed by atoms with van der Waals surface area (Å²) in [5.74, 6) is 0. The van der Waals surface area contributed by atoms with Crippen LogP contribution >= 0.6 is 0 Å². The molecule has 0 spiro atoms. The van der Waals surface area contributed by atoms with Gasteiger partial charge in [-0.2, -0.15) is 0 Å². The fourth-order valence-corrected chi connectivity index (χ4v) is 2.52. The average molecular weight is 234 g/mol. The summed E-state index contributed by atoms with van der Waals surface area (Å²) in [7, 11) is 0. The van der Waals surface area contributed by atoms with E-state index in [9.17, 15) is 0 Å². The van der Waals surface area contributed by atoms with Crippen molar-refractivity contribution >= 4 is 0 Å². The van der Waals surface area contributed by atoms with Gasteiger partial charge < -0.3 is 10.5 Å². The maximum atomic E-state index is 6.23. The molecule has 1 aromatic carbocycles. The van der Waals surface area contributed by atoms with Gasteiger partial charge in [0.1, 0.15) is 0 Å². The van der Waals surface area contributed by atoms with Gasteiger partial charge in [-0.25, -0.2) is 0 Å². The Kier molecular flexibility index (Phi) is 4.15. The highest BCUT2D eigenvalue weighted by atomic mass is 16.5. The molecule has 1 heterocycles. The normalized spacial score (nSPS) is 27.9. The number of morpholine rings is 1. The lowest BCUT2D eigenvalue weighted by Crippen LogP contribution is -2.47. The van der Waals surface area contributed by atoms with E-state index >= 15 is 0 Å². The molecule has 3 nitrogen and oxygen atoms in total. The van der Waals surface area contributed by atoms with Crippen LogP contribution in [0.4, 0.5) is 0 Å². The van der Waals surface area contributed by atoms with Crippen LogP contribution in [0.1, 0.15) is 25.5 Å². The first-order valence-corrected chi connectivity index (χ1v) is 6.33. The topological polar surface area (TPSA) is 38.5 Å². The van der Waals surface area contributed by atoms with Crippen LogP contribution in [0, 0.1) is 0 Å². The Labute approximate surface area is 104 Å². The van der Waals surface area contributed by atoms with Gasteiger partial charge >= 0.3 is 0 Å². The number of hydrogen-bond donors (Lipinski definition) is 1. The number of ether oxygens (including phenoxy) is 1. The first-order chi connectivity index (χ1) is 8.15. The molecule has 1 aromatic rings. The Balaban J connectivity index is 1.92. The Morgan fingerprint density at radius 3 is 2.41 bits per heavy atom. The third kappa shape index (κ3) is 3.53. The van der Waals surface area contributed by atoms with E-state index in [1.165, 1.54) is 5.56 Å². The van der Waals surface area contributed by atoms with Crippen molar-refractivity contribution < 1.29 is 4.74 Å². The second-order valence-electron chi connectivity index (χ2n) is 4.99. The molecule has 3 heteroatoms. The Morgan fingerprint density at radius 2 is 1.82 bits per heavy atom. The SMILES string of the molecule is C[C@@H]1CN(CC(N)c2ccccc2)C[C@H](C)O1. The molecule has 0 bridgehead atoms. The minimum absolute atomic E-state index is 0.0914. The molecule has 0 amide bonds. The van der Waals surface area contributed by atoms with Gasteiger partial charge in [-0.05, 0) is 19.4 Å². The molecule has 0 saturated carbocycles. The highest BCUT2D eigenvalue weighted by Crippen LogP contribution is 2.15. The van der Waals surface area contributed by atoms with Crippen molar-refractivity contribution in [1.29, 1.82) is 0 Å². The number of nitrogens with two attached hydrogens (primary N) is 1. The van der Waals surface area contributed by atoms with Crippen LogP contribution in [0.5, 0.6) is 0 Å². The van der Waals surface area contributed by atoms with E-state index in [1.54, 1.807) is 0 Å². The van der Waals surface area contributed by atoms with Gasteiger partial charge in [-0.3, -0.25) is 4.90 Å². The van der Waals surface area contributed by atoms with Crippen LogP contribution in [-0.2, 0) is 4.74 Å². The summed E-state index contributed by atoms with van der Waals surface area (Å²) in [4.78, 5) is 2.40. The molecular weight excluding hydrogens is 212 g/mol. The zero-order chi connectivity index (χ0) is 12.3. The Morgan fingerprint density at radius 1 is 1.24 bits per heavy atom. The number of benzene rings is 1. The van der Waals surface area contributed by atoms with E-state index in [1.807, 2.05) is 18.2 Å². The minimum atomic E-state index is 0.0914. The van der Waals surface area contributed by atoms with Crippen molar-refractivity contribution in [2.75, 3.05) is 19.6 Å². The zero-order valence-electron chi connectivity index (χ0n) is 10.7. The van der Waals surface area contributed by atoms with Gasteiger partial charge in [0.2, 0.25) is 0 Å². The fraction of sp³-hybridized carbons (Fsp3) is 0.571. The van der Waals surface area contributed by atoms with Gasteiger partial charge in [0.15, 0.2) is 0 Å². The molecule has 0 aromatic heterocycles. The highest BCUT2D eigenvalue weighted by Gasteiger charge is 2.23. The first kappa shape index (κ1) is 12.6. The number of hydrogen-bond acceptors (Lipinski definition) is 3. The van der Waals surface area contributed by atoms with Crippen molar-refractivity contribution in [1.82, 2.24) is 4.90 Å². The lowest BCUT2D eigenvalue weighted by Gasteiger charge is -2.36. The second-order valence-corrected chi connectivity index (χ2v) is 4.99. The van der Waals surface area contributed by atoms with Crippen LogP contribution in [0.3, 0.4) is 0 Å². The number of rotatable bonds is 3. The maximum absolute atomic E-state index is 6.23. The third-order valence-corrected chi connectivity index (χ3v) is 3.18. The molecule has 1 unspecified atom stereocenters. The van der Waals surface area contributed by atoms with Crippen molar-refractivity contribution in [3.8, 4) is 0 Å². The minimum Gasteiger partial charge on any atom is -0.373 e. The van der Waals surface area contributed by atoms with Crippen LogP contribution in [0.15, 0.2) is 30.3 Å². The monoisotopic (exact) mass is 234 g/mol. The lowest BCUT2D eigenvalue weighted by molar-refractivity contribution is -0.0691. The summed E-state index contributed by atoms with van der Waals surface area (Å²) >= 11 is 0. The Hall–Kier alpha value is -0.900. The van der Waals surface area contributed by atoms with Gasteiger partial charge in [0, 0.05) is 25.7 Å². The van der Waals surface area contributed by atoms with Crippen molar-refractivity contribution in [3.05, 3.63) is 35.9 Å². The van der Waals surface area contributed by atoms with E-state index in [-0.39, 0.29) is 6.04 Å². The largest absolute Gasteiger partial charge is 0.373 e. The van der Waals surface area contributed by atoms with Crippen LogP contribution < -0.4 is 5.73 Å². The molecule has 2 rings (SSSR count).